The average Bonchev–Trinajstić information content (AvgIpc) is 3.08. The van der Waals surface area contributed by atoms with E-state index >= 15 is 0 Å². The predicted molar refractivity (Wildman–Crippen MR) is 90.2 cm³/mol. The summed E-state index contributed by atoms with van der Waals surface area (Å²) in [6, 6.07) is 10.7. The molecule has 0 aliphatic carbocycles. The van der Waals surface area contributed by atoms with Crippen LogP contribution in [0, 0.1) is 0 Å². The molecular formula is C17H20N2O3S. The Balaban J connectivity index is 1.88. The summed E-state index contributed by atoms with van der Waals surface area (Å²) in [7, 11) is 1.64. The molecular weight excluding hydrogens is 312 g/mol. The lowest BCUT2D eigenvalue weighted by Crippen LogP contribution is -2.44. The number of ether oxygens (including phenoxy) is 1. The maximum absolute atomic E-state index is 12.1. The molecule has 1 atom stereocenters. The standard InChI is InChI=1S/C17H20N2O3S/c1-12(19-17(21)15-8-5-9-23-15)16(20)18-10-13-6-3-4-7-14(13)11-22-2/h3-9,12H,10-11H2,1-2H3,(H,18,20)(H,19,21). The molecule has 6 heteroatoms. The van der Waals surface area contributed by atoms with Crippen molar-refractivity contribution in [2.45, 2.75) is 26.1 Å². The van der Waals surface area contributed by atoms with Gasteiger partial charge >= 0.3 is 0 Å². The van der Waals surface area contributed by atoms with Crippen LogP contribution in [-0.2, 0) is 22.7 Å². The molecule has 0 bridgehead atoms. The highest BCUT2D eigenvalue weighted by Crippen LogP contribution is 2.10. The normalized spacial score (nSPS) is 11.7. The Hall–Kier alpha value is -2.18. The maximum Gasteiger partial charge on any atom is 0.261 e. The van der Waals surface area contributed by atoms with Crippen molar-refractivity contribution >= 4 is 23.2 Å². The number of nitrogens with one attached hydrogen (secondary N) is 2. The van der Waals surface area contributed by atoms with E-state index in [4.69, 9.17) is 4.74 Å². The molecule has 0 saturated heterocycles. The topological polar surface area (TPSA) is 67.4 Å². The van der Waals surface area contributed by atoms with Crippen molar-refractivity contribution in [3.05, 3.63) is 57.8 Å². The second-order valence-corrected chi connectivity index (χ2v) is 6.04. The van der Waals surface area contributed by atoms with Crippen LogP contribution in [0.2, 0.25) is 0 Å². The largest absolute Gasteiger partial charge is 0.380 e. The van der Waals surface area contributed by atoms with Crippen LogP contribution in [0.5, 0.6) is 0 Å². The smallest absolute Gasteiger partial charge is 0.261 e. The molecule has 5 nitrogen and oxygen atoms in total. The van der Waals surface area contributed by atoms with Gasteiger partial charge in [-0.2, -0.15) is 0 Å². The van der Waals surface area contributed by atoms with Crippen LogP contribution in [-0.4, -0.2) is 25.0 Å². The molecule has 2 amide bonds. The summed E-state index contributed by atoms with van der Waals surface area (Å²) < 4.78 is 5.15. The Labute approximate surface area is 139 Å². The van der Waals surface area contributed by atoms with Gasteiger partial charge in [0, 0.05) is 13.7 Å². The molecule has 23 heavy (non-hydrogen) atoms. The predicted octanol–water partition coefficient (Wildman–Crippen LogP) is 2.33. The second-order valence-electron chi connectivity index (χ2n) is 5.09. The van der Waals surface area contributed by atoms with E-state index in [1.807, 2.05) is 29.6 Å². The Morgan fingerprint density at radius 1 is 1.17 bits per heavy atom. The molecule has 1 aromatic heterocycles. The average molecular weight is 332 g/mol. The molecule has 0 radical (unpaired) electrons. The molecule has 0 aliphatic rings. The third-order valence-electron chi connectivity index (χ3n) is 3.36. The lowest BCUT2D eigenvalue weighted by molar-refractivity contribution is -0.122. The number of benzene rings is 1. The number of rotatable bonds is 7. The first-order chi connectivity index (χ1) is 11.1. The Morgan fingerprint density at radius 3 is 2.57 bits per heavy atom. The molecule has 1 aromatic carbocycles. The Kier molecular flexibility index (Phi) is 6.31. The lowest BCUT2D eigenvalue weighted by Gasteiger charge is -2.15. The van der Waals surface area contributed by atoms with Gasteiger partial charge in [0.25, 0.3) is 5.91 Å². The Bertz CT molecular complexity index is 656. The van der Waals surface area contributed by atoms with E-state index in [1.54, 1.807) is 26.2 Å². The quantitative estimate of drug-likeness (QED) is 0.818. The summed E-state index contributed by atoms with van der Waals surface area (Å²) >= 11 is 1.34. The van der Waals surface area contributed by atoms with E-state index in [2.05, 4.69) is 10.6 Å². The SMILES string of the molecule is COCc1ccccc1CNC(=O)C(C)NC(=O)c1cccs1. The zero-order chi connectivity index (χ0) is 16.7. The summed E-state index contributed by atoms with van der Waals surface area (Å²) in [5, 5.41) is 7.36. The molecule has 0 aliphatic heterocycles. The van der Waals surface area contributed by atoms with Gasteiger partial charge in [-0.05, 0) is 29.5 Å². The first-order valence-corrected chi connectivity index (χ1v) is 8.17. The third kappa shape index (κ3) is 4.91. The van der Waals surface area contributed by atoms with Crippen molar-refractivity contribution in [1.82, 2.24) is 10.6 Å². The minimum atomic E-state index is -0.598. The van der Waals surface area contributed by atoms with Crippen molar-refractivity contribution in [2.75, 3.05) is 7.11 Å². The zero-order valence-corrected chi connectivity index (χ0v) is 14.0. The second kappa shape index (κ2) is 8.45. The molecule has 0 fully saturated rings. The van der Waals surface area contributed by atoms with Crippen LogP contribution < -0.4 is 10.6 Å². The van der Waals surface area contributed by atoms with Crippen molar-refractivity contribution in [1.29, 1.82) is 0 Å². The van der Waals surface area contributed by atoms with Crippen LogP contribution in [0.15, 0.2) is 41.8 Å². The van der Waals surface area contributed by atoms with Crippen LogP contribution in [0.4, 0.5) is 0 Å². The van der Waals surface area contributed by atoms with Crippen LogP contribution in [0.3, 0.4) is 0 Å². The van der Waals surface area contributed by atoms with E-state index in [0.29, 0.717) is 18.0 Å². The molecule has 2 aromatic rings. The summed E-state index contributed by atoms with van der Waals surface area (Å²) in [5.41, 5.74) is 2.03. The van der Waals surface area contributed by atoms with Gasteiger partial charge in [-0.15, -0.1) is 11.3 Å². The number of carbonyl (C=O) groups is 2. The fraction of sp³-hybridized carbons (Fsp3) is 0.294. The van der Waals surface area contributed by atoms with Crippen molar-refractivity contribution in [3.8, 4) is 0 Å². The molecule has 1 unspecified atom stereocenters. The number of hydrogen-bond acceptors (Lipinski definition) is 4. The molecule has 0 spiro atoms. The molecule has 2 N–H and O–H groups in total. The number of hydrogen-bond donors (Lipinski definition) is 2. The number of methoxy groups -OCH3 is 1. The van der Waals surface area contributed by atoms with E-state index < -0.39 is 6.04 Å². The van der Waals surface area contributed by atoms with Gasteiger partial charge in [-0.1, -0.05) is 30.3 Å². The molecule has 1 heterocycles. The van der Waals surface area contributed by atoms with E-state index in [1.165, 1.54) is 11.3 Å². The van der Waals surface area contributed by atoms with Gasteiger partial charge in [-0.3, -0.25) is 9.59 Å². The first kappa shape index (κ1) is 17.2. The number of carbonyl (C=O) groups excluding carboxylic acids is 2. The minimum absolute atomic E-state index is 0.220. The first-order valence-electron chi connectivity index (χ1n) is 7.29. The highest BCUT2D eigenvalue weighted by Gasteiger charge is 2.17. The molecule has 2 rings (SSSR count). The Morgan fingerprint density at radius 2 is 1.91 bits per heavy atom. The van der Waals surface area contributed by atoms with Gasteiger partial charge < -0.3 is 15.4 Å². The van der Waals surface area contributed by atoms with Crippen molar-refractivity contribution < 1.29 is 14.3 Å². The fourth-order valence-electron chi connectivity index (χ4n) is 2.10. The summed E-state index contributed by atoms with van der Waals surface area (Å²) in [5.74, 6) is -0.454. The lowest BCUT2D eigenvalue weighted by atomic mass is 10.1. The summed E-state index contributed by atoms with van der Waals surface area (Å²) in [6.45, 7) is 2.57. The molecule has 122 valence electrons. The third-order valence-corrected chi connectivity index (χ3v) is 4.23. The summed E-state index contributed by atoms with van der Waals surface area (Å²) in [4.78, 5) is 24.7. The minimum Gasteiger partial charge on any atom is -0.380 e. The van der Waals surface area contributed by atoms with Gasteiger partial charge in [0.05, 0.1) is 11.5 Å². The number of amides is 2. The van der Waals surface area contributed by atoms with Gasteiger partial charge in [0.2, 0.25) is 5.91 Å². The zero-order valence-electron chi connectivity index (χ0n) is 13.2. The van der Waals surface area contributed by atoms with Crippen LogP contribution in [0.25, 0.3) is 0 Å². The maximum atomic E-state index is 12.1. The van der Waals surface area contributed by atoms with Crippen molar-refractivity contribution in [2.24, 2.45) is 0 Å². The monoisotopic (exact) mass is 332 g/mol. The highest BCUT2D eigenvalue weighted by molar-refractivity contribution is 7.12. The number of thiophene rings is 1. The van der Waals surface area contributed by atoms with E-state index in [9.17, 15) is 9.59 Å². The fourth-order valence-corrected chi connectivity index (χ4v) is 2.73. The van der Waals surface area contributed by atoms with E-state index in [0.717, 1.165) is 11.1 Å². The highest BCUT2D eigenvalue weighted by atomic mass is 32.1. The van der Waals surface area contributed by atoms with Gasteiger partial charge in [0.15, 0.2) is 0 Å². The van der Waals surface area contributed by atoms with Gasteiger partial charge in [-0.25, -0.2) is 0 Å². The van der Waals surface area contributed by atoms with Gasteiger partial charge in [0.1, 0.15) is 6.04 Å². The van der Waals surface area contributed by atoms with Crippen molar-refractivity contribution in [3.63, 3.8) is 0 Å². The van der Waals surface area contributed by atoms with Crippen LogP contribution in [0.1, 0.15) is 27.7 Å². The van der Waals surface area contributed by atoms with Crippen LogP contribution >= 0.6 is 11.3 Å². The van der Waals surface area contributed by atoms with E-state index in [-0.39, 0.29) is 11.8 Å². The summed E-state index contributed by atoms with van der Waals surface area (Å²) in [6.07, 6.45) is 0. The molecule has 0 saturated carbocycles.